The van der Waals surface area contributed by atoms with E-state index < -0.39 is 16.1 Å². The highest BCUT2D eigenvalue weighted by Gasteiger charge is 2.27. The van der Waals surface area contributed by atoms with E-state index in [0.29, 0.717) is 19.5 Å². The number of carbonyl (C=O) groups excluding carboxylic acids is 1. The van der Waals surface area contributed by atoms with Crippen LogP contribution in [0.1, 0.15) is 20.3 Å². The van der Waals surface area contributed by atoms with Crippen molar-refractivity contribution in [3.05, 3.63) is 0 Å². The van der Waals surface area contributed by atoms with Gasteiger partial charge in [0.25, 0.3) is 0 Å². The fourth-order valence-electron chi connectivity index (χ4n) is 2.45. The van der Waals surface area contributed by atoms with Gasteiger partial charge in [-0.05, 0) is 27.4 Å². The van der Waals surface area contributed by atoms with Crippen LogP contribution in [-0.4, -0.2) is 94.2 Å². The van der Waals surface area contributed by atoms with Gasteiger partial charge < -0.3 is 9.80 Å². The summed E-state index contributed by atoms with van der Waals surface area (Å²) < 4.78 is 25.9. The molecule has 1 heterocycles. The standard InChI is InChI=1S/C14H30N4O3S/c1-5-12-22(20,21)15-13(2)14(19)18-10-8-17(9-11-18)7-6-16(3)4/h13,15H,5-12H2,1-4H3/t13-/m0/s1. The molecular formula is C14H30N4O3S. The average molecular weight is 334 g/mol. The van der Waals surface area contributed by atoms with Gasteiger partial charge in [-0.3, -0.25) is 9.69 Å². The second-order valence-electron chi connectivity index (χ2n) is 6.13. The van der Waals surface area contributed by atoms with Crippen LogP contribution in [0.3, 0.4) is 0 Å². The molecule has 1 rings (SSSR count). The third-order valence-corrected chi connectivity index (χ3v) is 5.41. The summed E-state index contributed by atoms with van der Waals surface area (Å²) in [6, 6.07) is -0.690. The Labute approximate surface area is 134 Å². The Morgan fingerprint density at radius 1 is 1.23 bits per heavy atom. The lowest BCUT2D eigenvalue weighted by Crippen LogP contribution is -2.54. The number of sulfonamides is 1. The average Bonchev–Trinajstić information content (AvgIpc) is 2.44. The Kier molecular flexibility index (Phi) is 7.75. The zero-order chi connectivity index (χ0) is 16.8. The molecule has 0 saturated carbocycles. The van der Waals surface area contributed by atoms with Crippen molar-refractivity contribution in [3.8, 4) is 0 Å². The van der Waals surface area contributed by atoms with Gasteiger partial charge in [-0.25, -0.2) is 13.1 Å². The molecule has 0 unspecified atom stereocenters. The van der Waals surface area contributed by atoms with E-state index >= 15 is 0 Å². The predicted molar refractivity (Wildman–Crippen MR) is 88.2 cm³/mol. The van der Waals surface area contributed by atoms with Gasteiger partial charge in [0, 0.05) is 39.3 Å². The molecular weight excluding hydrogens is 304 g/mol. The molecule has 130 valence electrons. The molecule has 0 aromatic rings. The molecule has 1 fully saturated rings. The maximum absolute atomic E-state index is 12.3. The molecule has 22 heavy (non-hydrogen) atoms. The summed E-state index contributed by atoms with van der Waals surface area (Å²) >= 11 is 0. The molecule has 7 nitrogen and oxygen atoms in total. The van der Waals surface area contributed by atoms with E-state index in [9.17, 15) is 13.2 Å². The monoisotopic (exact) mass is 334 g/mol. The van der Waals surface area contributed by atoms with Gasteiger partial charge in [0.2, 0.25) is 15.9 Å². The third kappa shape index (κ3) is 6.60. The van der Waals surface area contributed by atoms with Crippen molar-refractivity contribution in [2.45, 2.75) is 26.3 Å². The van der Waals surface area contributed by atoms with Crippen molar-refractivity contribution in [2.24, 2.45) is 0 Å². The first-order chi connectivity index (χ1) is 10.2. The van der Waals surface area contributed by atoms with E-state index in [-0.39, 0.29) is 11.7 Å². The highest BCUT2D eigenvalue weighted by molar-refractivity contribution is 7.89. The molecule has 1 atom stereocenters. The molecule has 1 saturated heterocycles. The molecule has 8 heteroatoms. The topological polar surface area (TPSA) is 73.0 Å². The number of hydrogen-bond acceptors (Lipinski definition) is 5. The first-order valence-electron chi connectivity index (χ1n) is 7.91. The van der Waals surface area contributed by atoms with E-state index in [1.807, 2.05) is 14.1 Å². The highest BCUT2D eigenvalue weighted by atomic mass is 32.2. The third-order valence-electron chi connectivity index (χ3n) is 3.75. The van der Waals surface area contributed by atoms with Gasteiger partial charge in [-0.2, -0.15) is 0 Å². The van der Waals surface area contributed by atoms with Crippen LogP contribution < -0.4 is 4.72 Å². The number of nitrogens with one attached hydrogen (secondary N) is 1. The van der Waals surface area contributed by atoms with Crippen molar-refractivity contribution in [3.63, 3.8) is 0 Å². The van der Waals surface area contributed by atoms with Gasteiger partial charge in [0.15, 0.2) is 0 Å². The van der Waals surface area contributed by atoms with Crippen molar-refractivity contribution in [1.29, 1.82) is 0 Å². The van der Waals surface area contributed by atoms with Gasteiger partial charge >= 0.3 is 0 Å². The molecule has 1 N–H and O–H groups in total. The van der Waals surface area contributed by atoms with Crippen molar-refractivity contribution in [2.75, 3.05) is 59.1 Å². The first kappa shape index (κ1) is 19.3. The number of carbonyl (C=O) groups is 1. The minimum absolute atomic E-state index is 0.0585. The quantitative estimate of drug-likeness (QED) is 0.642. The number of rotatable bonds is 8. The number of piperazine rings is 1. The second-order valence-corrected chi connectivity index (χ2v) is 8.00. The molecule has 0 spiro atoms. The predicted octanol–water partition coefficient (Wildman–Crippen LogP) is -0.590. The maximum atomic E-state index is 12.3. The summed E-state index contributed by atoms with van der Waals surface area (Å²) in [6.07, 6.45) is 0.542. The van der Waals surface area contributed by atoms with Crippen LogP contribution in [0.4, 0.5) is 0 Å². The SMILES string of the molecule is CCCS(=O)(=O)N[C@@H](C)C(=O)N1CCN(CCN(C)C)CC1. The Morgan fingerprint density at radius 3 is 2.32 bits per heavy atom. The molecule has 1 amide bonds. The molecule has 1 aliphatic heterocycles. The Balaban J connectivity index is 2.41. The van der Waals surface area contributed by atoms with Gasteiger partial charge in [0.05, 0.1) is 11.8 Å². The molecule has 0 aromatic heterocycles. The smallest absolute Gasteiger partial charge is 0.240 e. The number of amides is 1. The lowest BCUT2D eigenvalue weighted by molar-refractivity contribution is -0.134. The fourth-order valence-corrected chi connectivity index (χ4v) is 3.75. The van der Waals surface area contributed by atoms with Gasteiger partial charge in [-0.1, -0.05) is 6.92 Å². The fraction of sp³-hybridized carbons (Fsp3) is 0.929. The summed E-state index contributed by atoms with van der Waals surface area (Å²) in [6.45, 7) is 8.42. The van der Waals surface area contributed by atoms with E-state index in [1.165, 1.54) is 0 Å². The second kappa shape index (κ2) is 8.81. The number of hydrogen-bond donors (Lipinski definition) is 1. The summed E-state index contributed by atoms with van der Waals surface area (Å²) in [5.41, 5.74) is 0. The Morgan fingerprint density at radius 2 is 1.82 bits per heavy atom. The minimum Gasteiger partial charge on any atom is -0.339 e. The van der Waals surface area contributed by atoms with E-state index in [4.69, 9.17) is 0 Å². The zero-order valence-electron chi connectivity index (χ0n) is 14.2. The van der Waals surface area contributed by atoms with Crippen LogP contribution in [0.15, 0.2) is 0 Å². The van der Waals surface area contributed by atoms with Crippen molar-refractivity contribution >= 4 is 15.9 Å². The van der Waals surface area contributed by atoms with Crippen LogP contribution in [0.5, 0.6) is 0 Å². The molecule has 0 aromatic carbocycles. The first-order valence-corrected chi connectivity index (χ1v) is 9.56. The molecule has 1 aliphatic rings. The van der Waals surface area contributed by atoms with E-state index in [1.54, 1.807) is 18.7 Å². The van der Waals surface area contributed by atoms with Gasteiger partial charge in [-0.15, -0.1) is 0 Å². The summed E-state index contributed by atoms with van der Waals surface area (Å²) in [4.78, 5) is 18.6. The van der Waals surface area contributed by atoms with Crippen LogP contribution in [0, 0.1) is 0 Å². The van der Waals surface area contributed by atoms with Crippen molar-refractivity contribution in [1.82, 2.24) is 19.4 Å². The van der Waals surface area contributed by atoms with Crippen LogP contribution >= 0.6 is 0 Å². The molecule has 0 aliphatic carbocycles. The normalized spacial score (nSPS) is 18.7. The lowest BCUT2D eigenvalue weighted by atomic mass is 10.2. The van der Waals surface area contributed by atoms with Gasteiger partial charge in [0.1, 0.15) is 0 Å². The van der Waals surface area contributed by atoms with Crippen LogP contribution in [-0.2, 0) is 14.8 Å². The Hall–Kier alpha value is -0.700. The van der Waals surface area contributed by atoms with E-state index in [0.717, 1.165) is 26.2 Å². The van der Waals surface area contributed by atoms with E-state index in [2.05, 4.69) is 14.5 Å². The Bertz CT molecular complexity index is 445. The maximum Gasteiger partial charge on any atom is 0.240 e. The molecule has 0 radical (unpaired) electrons. The van der Waals surface area contributed by atoms with Crippen LogP contribution in [0.25, 0.3) is 0 Å². The lowest BCUT2D eigenvalue weighted by Gasteiger charge is -2.36. The summed E-state index contributed by atoms with van der Waals surface area (Å²) in [5.74, 6) is -0.0740. The van der Waals surface area contributed by atoms with Crippen molar-refractivity contribution < 1.29 is 13.2 Å². The summed E-state index contributed by atoms with van der Waals surface area (Å²) in [5, 5.41) is 0. The zero-order valence-corrected chi connectivity index (χ0v) is 15.0. The van der Waals surface area contributed by atoms with Crippen LogP contribution in [0.2, 0.25) is 0 Å². The number of likely N-dealkylation sites (N-methyl/N-ethyl adjacent to an activating group) is 1. The highest BCUT2D eigenvalue weighted by Crippen LogP contribution is 2.05. The largest absolute Gasteiger partial charge is 0.339 e. The molecule has 0 bridgehead atoms. The summed E-state index contributed by atoms with van der Waals surface area (Å²) in [7, 11) is 0.734. The number of nitrogens with zero attached hydrogens (tertiary/aromatic N) is 3. The minimum atomic E-state index is -3.36.